The maximum atomic E-state index is 11.3. The molecule has 0 saturated carbocycles. The van der Waals surface area contributed by atoms with Crippen molar-refractivity contribution in [2.24, 2.45) is 0 Å². The van der Waals surface area contributed by atoms with E-state index in [-0.39, 0.29) is 18.6 Å². The van der Waals surface area contributed by atoms with Crippen LogP contribution >= 0.6 is 0 Å². The Kier molecular flexibility index (Phi) is 3.79. The highest BCUT2D eigenvalue weighted by atomic mass is 16.5. The van der Waals surface area contributed by atoms with Crippen LogP contribution in [0, 0.1) is 0 Å². The van der Waals surface area contributed by atoms with Gasteiger partial charge in [0.15, 0.2) is 0 Å². The van der Waals surface area contributed by atoms with Crippen molar-refractivity contribution >= 4 is 17.7 Å². The lowest BCUT2D eigenvalue weighted by Gasteiger charge is -2.26. The number of ether oxygens (including phenoxy) is 2. The second-order valence-electron chi connectivity index (χ2n) is 3.27. The van der Waals surface area contributed by atoms with E-state index in [0.29, 0.717) is 0 Å². The fraction of sp³-hybridized carbons (Fsp3) is 0.667. The maximum absolute atomic E-state index is 11.3. The molecule has 0 aromatic heterocycles. The van der Waals surface area contributed by atoms with Crippen LogP contribution in [0.15, 0.2) is 0 Å². The standard InChI is InChI=1S/C9H13NO5/c1-14-8(12)6-3-5(11)4-7(10-6)9(13)15-2/h6-7,10H,3-4H2,1-2H3/t6-,7+. The summed E-state index contributed by atoms with van der Waals surface area (Å²) in [5, 5.41) is 2.72. The average molecular weight is 215 g/mol. The van der Waals surface area contributed by atoms with Crippen molar-refractivity contribution in [3.63, 3.8) is 0 Å². The summed E-state index contributed by atoms with van der Waals surface area (Å²) in [7, 11) is 2.46. The van der Waals surface area contributed by atoms with E-state index in [9.17, 15) is 14.4 Å². The zero-order chi connectivity index (χ0) is 11.4. The largest absolute Gasteiger partial charge is 0.468 e. The second kappa shape index (κ2) is 4.88. The molecule has 0 aromatic carbocycles. The third kappa shape index (κ3) is 2.76. The predicted octanol–water partition coefficient (Wildman–Crippen LogP) is -0.978. The van der Waals surface area contributed by atoms with Crippen LogP contribution in [0.1, 0.15) is 12.8 Å². The van der Waals surface area contributed by atoms with Crippen molar-refractivity contribution in [3.8, 4) is 0 Å². The smallest absolute Gasteiger partial charge is 0.323 e. The Morgan fingerprint density at radius 2 is 1.53 bits per heavy atom. The highest BCUT2D eigenvalue weighted by molar-refractivity contribution is 5.92. The maximum Gasteiger partial charge on any atom is 0.323 e. The number of methoxy groups -OCH3 is 2. The first-order valence-electron chi connectivity index (χ1n) is 4.52. The zero-order valence-electron chi connectivity index (χ0n) is 8.61. The van der Waals surface area contributed by atoms with E-state index in [2.05, 4.69) is 14.8 Å². The molecule has 1 fully saturated rings. The van der Waals surface area contributed by atoms with Gasteiger partial charge in [-0.15, -0.1) is 0 Å². The minimum Gasteiger partial charge on any atom is -0.468 e. The number of rotatable bonds is 2. The first kappa shape index (κ1) is 11.6. The van der Waals surface area contributed by atoms with Crippen LogP contribution in [0.5, 0.6) is 0 Å². The monoisotopic (exact) mass is 215 g/mol. The minimum absolute atomic E-state index is 0.0557. The van der Waals surface area contributed by atoms with Crippen LogP contribution in [0.25, 0.3) is 0 Å². The molecule has 0 bridgehead atoms. The summed E-state index contributed by atoms with van der Waals surface area (Å²) in [6, 6.07) is -1.50. The number of hydrogen-bond donors (Lipinski definition) is 1. The van der Waals surface area contributed by atoms with E-state index in [0.717, 1.165) is 0 Å². The van der Waals surface area contributed by atoms with Gasteiger partial charge in [0.05, 0.1) is 14.2 Å². The second-order valence-corrected chi connectivity index (χ2v) is 3.27. The molecule has 15 heavy (non-hydrogen) atoms. The molecule has 0 unspecified atom stereocenters. The van der Waals surface area contributed by atoms with Crippen LogP contribution in [-0.2, 0) is 23.9 Å². The van der Waals surface area contributed by atoms with E-state index >= 15 is 0 Å². The van der Waals surface area contributed by atoms with Gasteiger partial charge in [-0.1, -0.05) is 0 Å². The Morgan fingerprint density at radius 3 is 1.87 bits per heavy atom. The van der Waals surface area contributed by atoms with E-state index in [4.69, 9.17) is 0 Å². The predicted molar refractivity (Wildman–Crippen MR) is 49.0 cm³/mol. The molecule has 6 heteroatoms. The number of nitrogens with one attached hydrogen (secondary N) is 1. The molecule has 0 amide bonds. The molecule has 1 N–H and O–H groups in total. The van der Waals surface area contributed by atoms with Crippen LogP contribution in [0.3, 0.4) is 0 Å². The van der Waals surface area contributed by atoms with Gasteiger partial charge in [0, 0.05) is 12.8 Å². The lowest BCUT2D eigenvalue weighted by molar-refractivity contribution is -0.150. The van der Waals surface area contributed by atoms with Gasteiger partial charge >= 0.3 is 11.9 Å². The molecule has 0 aromatic rings. The van der Waals surface area contributed by atoms with Crippen molar-refractivity contribution in [1.82, 2.24) is 5.32 Å². The Morgan fingerprint density at radius 1 is 1.13 bits per heavy atom. The first-order chi connectivity index (χ1) is 7.08. The van der Waals surface area contributed by atoms with Gasteiger partial charge in [0.25, 0.3) is 0 Å². The molecule has 1 rings (SSSR count). The van der Waals surface area contributed by atoms with Crippen molar-refractivity contribution in [2.75, 3.05) is 14.2 Å². The summed E-state index contributed by atoms with van der Waals surface area (Å²) in [6.45, 7) is 0. The first-order valence-corrected chi connectivity index (χ1v) is 4.52. The van der Waals surface area contributed by atoms with Crippen LogP contribution in [0.4, 0.5) is 0 Å². The SMILES string of the molecule is COC(=O)[C@@H]1CC(=O)C[C@H](C(=O)OC)N1. The normalized spacial score (nSPS) is 25.9. The summed E-state index contributed by atoms with van der Waals surface area (Å²) in [4.78, 5) is 33.6. The fourth-order valence-electron chi connectivity index (χ4n) is 1.49. The average Bonchev–Trinajstić information content (AvgIpc) is 2.26. The van der Waals surface area contributed by atoms with Gasteiger partial charge in [-0.25, -0.2) is 0 Å². The topological polar surface area (TPSA) is 81.7 Å². The number of esters is 2. The van der Waals surface area contributed by atoms with Gasteiger partial charge in [-0.3, -0.25) is 19.7 Å². The van der Waals surface area contributed by atoms with Crippen molar-refractivity contribution < 1.29 is 23.9 Å². The quantitative estimate of drug-likeness (QED) is 0.596. The molecule has 0 radical (unpaired) electrons. The highest BCUT2D eigenvalue weighted by Gasteiger charge is 2.35. The van der Waals surface area contributed by atoms with Gasteiger partial charge in [0.1, 0.15) is 17.9 Å². The van der Waals surface area contributed by atoms with Gasteiger partial charge in [-0.05, 0) is 0 Å². The number of piperidine rings is 1. The Hall–Kier alpha value is -1.43. The summed E-state index contributed by atoms with van der Waals surface area (Å²) in [6.07, 6.45) is 0.111. The van der Waals surface area contributed by atoms with Crippen molar-refractivity contribution in [3.05, 3.63) is 0 Å². The number of carbonyl (C=O) groups excluding carboxylic acids is 3. The lowest BCUT2D eigenvalue weighted by Crippen LogP contribution is -2.53. The van der Waals surface area contributed by atoms with Crippen LogP contribution in [-0.4, -0.2) is 44.0 Å². The third-order valence-electron chi connectivity index (χ3n) is 2.24. The molecular weight excluding hydrogens is 202 g/mol. The summed E-state index contributed by atoms with van der Waals surface area (Å²) >= 11 is 0. The van der Waals surface area contributed by atoms with Crippen LogP contribution < -0.4 is 5.32 Å². The molecule has 0 aliphatic carbocycles. The van der Waals surface area contributed by atoms with E-state index in [1.54, 1.807) is 0 Å². The highest BCUT2D eigenvalue weighted by Crippen LogP contribution is 2.11. The van der Waals surface area contributed by atoms with Crippen LogP contribution in [0.2, 0.25) is 0 Å². The molecular formula is C9H13NO5. The summed E-state index contributed by atoms with van der Waals surface area (Å²) < 4.78 is 8.99. The zero-order valence-corrected chi connectivity index (χ0v) is 8.61. The van der Waals surface area contributed by atoms with Crippen molar-refractivity contribution in [1.29, 1.82) is 0 Å². The van der Waals surface area contributed by atoms with Gasteiger partial charge in [-0.2, -0.15) is 0 Å². The summed E-state index contributed by atoms with van der Waals surface area (Å²) in [5.74, 6) is -1.24. The van der Waals surface area contributed by atoms with E-state index < -0.39 is 24.0 Å². The Bertz CT molecular complexity index is 262. The fourth-order valence-corrected chi connectivity index (χ4v) is 1.49. The molecule has 1 aliphatic heterocycles. The number of Topliss-reactive ketones (excluding diaryl/α,β-unsaturated/α-hetero) is 1. The molecule has 1 saturated heterocycles. The molecule has 84 valence electrons. The number of ketones is 1. The lowest BCUT2D eigenvalue weighted by atomic mass is 9.97. The Balaban J connectivity index is 2.67. The van der Waals surface area contributed by atoms with E-state index in [1.165, 1.54) is 14.2 Å². The molecule has 0 spiro atoms. The number of hydrogen-bond acceptors (Lipinski definition) is 6. The van der Waals surface area contributed by atoms with E-state index in [1.807, 2.05) is 0 Å². The van der Waals surface area contributed by atoms with Gasteiger partial charge in [0.2, 0.25) is 0 Å². The molecule has 2 atom stereocenters. The third-order valence-corrected chi connectivity index (χ3v) is 2.24. The van der Waals surface area contributed by atoms with Gasteiger partial charge < -0.3 is 9.47 Å². The minimum atomic E-state index is -0.750. The van der Waals surface area contributed by atoms with Crippen molar-refractivity contribution in [2.45, 2.75) is 24.9 Å². The number of carbonyl (C=O) groups is 3. The summed E-state index contributed by atoms with van der Waals surface area (Å²) in [5.41, 5.74) is 0. The Labute approximate surface area is 86.9 Å². The molecule has 1 aliphatic rings. The molecule has 6 nitrogen and oxygen atoms in total. The molecule has 1 heterocycles.